The number of alkyl halides is 3. The summed E-state index contributed by atoms with van der Waals surface area (Å²) in [5.41, 5.74) is 3.71. The van der Waals surface area contributed by atoms with Crippen molar-refractivity contribution in [1.29, 1.82) is 0 Å². The van der Waals surface area contributed by atoms with Crippen LogP contribution in [0, 0.1) is 5.92 Å². The van der Waals surface area contributed by atoms with Gasteiger partial charge in [-0.05, 0) is 59.0 Å². The summed E-state index contributed by atoms with van der Waals surface area (Å²) in [6, 6.07) is 13.0. The molecule has 1 aromatic carbocycles. The van der Waals surface area contributed by atoms with Crippen molar-refractivity contribution in [2.75, 3.05) is 6.54 Å². The normalized spacial score (nSPS) is 16.6. The van der Waals surface area contributed by atoms with E-state index in [-0.39, 0.29) is 18.7 Å². The van der Waals surface area contributed by atoms with Crippen molar-refractivity contribution in [1.82, 2.24) is 15.3 Å². The van der Waals surface area contributed by atoms with Gasteiger partial charge in [0, 0.05) is 35.8 Å². The van der Waals surface area contributed by atoms with Crippen LogP contribution in [0.15, 0.2) is 59.3 Å². The Balaban J connectivity index is 1.47. The number of carbonyl (C=O) groups excluding carboxylic acids is 1. The SMILES string of the molecule is O=C(NCCc1cccc(Br)n1)c1cnc2c(C3=CC[C@@H](C(F)(F)F)CC3)cccc2c1. The Kier molecular flexibility index (Phi) is 6.60. The van der Waals surface area contributed by atoms with Gasteiger partial charge >= 0.3 is 6.18 Å². The molecule has 0 unspecified atom stereocenters. The Hall–Kier alpha value is -2.74. The van der Waals surface area contributed by atoms with Gasteiger partial charge in [-0.1, -0.05) is 30.3 Å². The third kappa shape index (κ3) is 5.18. The molecule has 0 fully saturated rings. The molecule has 0 aliphatic heterocycles. The molecular weight excluding hydrogens is 483 g/mol. The number of nitrogens with zero attached hydrogens (tertiary/aromatic N) is 2. The van der Waals surface area contributed by atoms with Crippen molar-refractivity contribution in [3.05, 3.63) is 76.2 Å². The van der Waals surface area contributed by atoms with Crippen LogP contribution in [0.1, 0.15) is 40.9 Å². The van der Waals surface area contributed by atoms with Gasteiger partial charge in [-0.15, -0.1) is 0 Å². The molecule has 0 spiro atoms. The lowest BCUT2D eigenvalue weighted by Crippen LogP contribution is -2.26. The zero-order chi connectivity index (χ0) is 22.7. The zero-order valence-corrected chi connectivity index (χ0v) is 18.7. The number of aromatic nitrogens is 2. The van der Waals surface area contributed by atoms with Gasteiger partial charge in [-0.2, -0.15) is 13.2 Å². The Morgan fingerprint density at radius 2 is 2.00 bits per heavy atom. The van der Waals surface area contributed by atoms with Gasteiger partial charge in [-0.3, -0.25) is 9.78 Å². The zero-order valence-electron chi connectivity index (χ0n) is 17.1. The summed E-state index contributed by atoms with van der Waals surface area (Å²) in [4.78, 5) is 21.4. The van der Waals surface area contributed by atoms with Gasteiger partial charge in [0.15, 0.2) is 0 Å². The molecule has 4 rings (SSSR count). The molecule has 1 N–H and O–H groups in total. The summed E-state index contributed by atoms with van der Waals surface area (Å²) in [6.07, 6.45) is 0.0609. The number of hydrogen-bond acceptors (Lipinski definition) is 3. The van der Waals surface area contributed by atoms with Crippen LogP contribution in [0.3, 0.4) is 0 Å². The first-order chi connectivity index (χ1) is 15.3. The lowest BCUT2D eigenvalue weighted by atomic mass is 9.85. The Morgan fingerprint density at radius 3 is 2.72 bits per heavy atom. The van der Waals surface area contributed by atoms with E-state index in [1.807, 2.05) is 36.4 Å². The van der Waals surface area contributed by atoms with Crippen LogP contribution in [0.4, 0.5) is 13.2 Å². The van der Waals surface area contributed by atoms with Gasteiger partial charge in [-0.25, -0.2) is 4.98 Å². The molecule has 8 heteroatoms. The first-order valence-corrected chi connectivity index (χ1v) is 11.1. The van der Waals surface area contributed by atoms with Crippen LogP contribution in [0.5, 0.6) is 0 Å². The maximum absolute atomic E-state index is 13.0. The van der Waals surface area contributed by atoms with Crippen molar-refractivity contribution < 1.29 is 18.0 Å². The summed E-state index contributed by atoms with van der Waals surface area (Å²) in [7, 11) is 0. The number of fused-ring (bicyclic) bond motifs is 1. The molecule has 0 saturated carbocycles. The first-order valence-electron chi connectivity index (χ1n) is 10.4. The average molecular weight is 504 g/mol. The minimum atomic E-state index is -4.16. The predicted octanol–water partition coefficient (Wildman–Crippen LogP) is 6.11. The maximum Gasteiger partial charge on any atom is 0.392 e. The molecule has 0 bridgehead atoms. The summed E-state index contributed by atoms with van der Waals surface area (Å²) in [5, 5.41) is 3.66. The van der Waals surface area contributed by atoms with Gasteiger partial charge in [0.1, 0.15) is 4.60 Å². The van der Waals surface area contributed by atoms with Crippen molar-refractivity contribution in [3.63, 3.8) is 0 Å². The fraction of sp³-hybridized carbons (Fsp3) is 0.292. The van der Waals surface area contributed by atoms with E-state index in [1.165, 1.54) is 6.20 Å². The number of pyridine rings is 2. The smallest absolute Gasteiger partial charge is 0.352 e. The summed E-state index contributed by atoms with van der Waals surface area (Å²) in [6.45, 7) is 0.438. The summed E-state index contributed by atoms with van der Waals surface area (Å²) < 4.78 is 39.6. The van der Waals surface area contributed by atoms with Crippen molar-refractivity contribution >= 4 is 38.3 Å². The molecule has 0 saturated heterocycles. The number of rotatable bonds is 5. The van der Waals surface area contributed by atoms with Crippen LogP contribution in [-0.2, 0) is 6.42 Å². The second-order valence-corrected chi connectivity index (χ2v) is 8.61. The second kappa shape index (κ2) is 9.40. The summed E-state index contributed by atoms with van der Waals surface area (Å²) >= 11 is 3.33. The second-order valence-electron chi connectivity index (χ2n) is 7.80. The Bertz CT molecular complexity index is 1180. The third-order valence-electron chi connectivity index (χ3n) is 5.63. The van der Waals surface area contributed by atoms with Crippen LogP contribution in [0.25, 0.3) is 16.5 Å². The van der Waals surface area contributed by atoms with Gasteiger partial charge in [0.25, 0.3) is 5.91 Å². The molecule has 166 valence electrons. The average Bonchev–Trinajstić information content (AvgIpc) is 2.78. The van der Waals surface area contributed by atoms with E-state index >= 15 is 0 Å². The molecule has 2 heterocycles. The summed E-state index contributed by atoms with van der Waals surface area (Å²) in [5.74, 6) is -1.51. The molecule has 1 aliphatic rings. The number of hydrogen-bond donors (Lipinski definition) is 1. The largest absolute Gasteiger partial charge is 0.392 e. The van der Waals surface area contributed by atoms with Crippen molar-refractivity contribution in [3.8, 4) is 0 Å². The molecule has 1 aliphatic carbocycles. The lowest BCUT2D eigenvalue weighted by molar-refractivity contribution is -0.175. The minimum Gasteiger partial charge on any atom is -0.352 e. The van der Waals surface area contributed by atoms with Gasteiger partial charge in [0.2, 0.25) is 0 Å². The fourth-order valence-corrected chi connectivity index (χ4v) is 4.30. The van der Waals surface area contributed by atoms with Gasteiger partial charge < -0.3 is 5.32 Å². The van der Waals surface area contributed by atoms with E-state index in [0.717, 1.165) is 26.8 Å². The number of para-hydroxylation sites is 1. The fourth-order valence-electron chi connectivity index (χ4n) is 3.92. The predicted molar refractivity (Wildman–Crippen MR) is 121 cm³/mol. The number of halogens is 4. The molecule has 4 nitrogen and oxygen atoms in total. The van der Waals surface area contributed by atoms with Gasteiger partial charge in [0.05, 0.1) is 17.0 Å². The minimum absolute atomic E-state index is 0.0114. The Morgan fingerprint density at radius 1 is 1.19 bits per heavy atom. The third-order valence-corrected chi connectivity index (χ3v) is 6.07. The number of amides is 1. The number of allylic oxidation sites excluding steroid dienone is 2. The number of nitrogens with one attached hydrogen (secondary N) is 1. The highest BCUT2D eigenvalue weighted by Crippen LogP contribution is 2.40. The highest BCUT2D eigenvalue weighted by atomic mass is 79.9. The van der Waals surface area contributed by atoms with E-state index < -0.39 is 12.1 Å². The van der Waals surface area contributed by atoms with Crippen molar-refractivity contribution in [2.45, 2.75) is 31.9 Å². The standard InChI is InChI=1S/C24H21BrF3N3O/c25-21-6-2-4-19(31-21)11-12-29-23(32)17-13-16-3-1-5-20(22(16)30-14-17)15-7-9-18(10-8-15)24(26,27)28/h1-7,13-14,18H,8-12H2,(H,29,32)/t18-/m1/s1. The van der Waals surface area contributed by atoms with Crippen LogP contribution in [0.2, 0.25) is 0 Å². The number of carbonyl (C=O) groups is 1. The lowest BCUT2D eigenvalue weighted by Gasteiger charge is -2.24. The van der Waals surface area contributed by atoms with E-state index in [1.54, 1.807) is 12.1 Å². The monoisotopic (exact) mass is 503 g/mol. The van der Waals surface area contributed by atoms with E-state index in [0.29, 0.717) is 30.5 Å². The van der Waals surface area contributed by atoms with E-state index in [2.05, 4.69) is 31.2 Å². The molecule has 0 radical (unpaired) electrons. The van der Waals surface area contributed by atoms with E-state index in [9.17, 15) is 18.0 Å². The molecule has 32 heavy (non-hydrogen) atoms. The van der Waals surface area contributed by atoms with Crippen molar-refractivity contribution in [2.24, 2.45) is 5.92 Å². The highest BCUT2D eigenvalue weighted by molar-refractivity contribution is 9.10. The van der Waals surface area contributed by atoms with E-state index in [4.69, 9.17) is 0 Å². The van der Waals surface area contributed by atoms with Crippen LogP contribution >= 0.6 is 15.9 Å². The molecule has 1 atom stereocenters. The topological polar surface area (TPSA) is 54.9 Å². The maximum atomic E-state index is 13.0. The molecular formula is C24H21BrF3N3O. The molecule has 2 aromatic heterocycles. The van der Waals surface area contributed by atoms with Crippen LogP contribution < -0.4 is 5.32 Å². The highest BCUT2D eigenvalue weighted by Gasteiger charge is 2.39. The first kappa shape index (κ1) is 22.5. The quantitative estimate of drug-likeness (QED) is 0.427. The Labute approximate surface area is 192 Å². The number of benzene rings is 1. The van der Waals surface area contributed by atoms with Crippen LogP contribution in [-0.4, -0.2) is 28.6 Å². The molecule has 1 amide bonds. The molecule has 3 aromatic rings.